The van der Waals surface area contributed by atoms with E-state index >= 15 is 0 Å². The van der Waals surface area contributed by atoms with Crippen molar-refractivity contribution in [3.05, 3.63) is 132 Å². The van der Waals surface area contributed by atoms with E-state index in [1.54, 1.807) is 0 Å². The first-order valence-corrected chi connectivity index (χ1v) is 12.8. The van der Waals surface area contributed by atoms with Gasteiger partial charge in [0.15, 0.2) is 0 Å². The van der Waals surface area contributed by atoms with E-state index in [1.807, 2.05) is 54.6 Å². The van der Waals surface area contributed by atoms with Gasteiger partial charge >= 0.3 is 0 Å². The molecule has 1 aliphatic carbocycles. The zero-order chi connectivity index (χ0) is 25.0. The van der Waals surface area contributed by atoms with Crippen molar-refractivity contribution in [2.75, 3.05) is 5.32 Å². The highest BCUT2D eigenvalue weighted by Gasteiger charge is 2.17. The molecule has 3 heteroatoms. The maximum absolute atomic E-state index is 6.53. The van der Waals surface area contributed by atoms with Crippen LogP contribution in [0.15, 0.2) is 131 Å². The van der Waals surface area contributed by atoms with Gasteiger partial charge in [-0.1, -0.05) is 74.0 Å². The molecular weight excluding hydrogens is 452 g/mol. The van der Waals surface area contributed by atoms with E-state index in [4.69, 9.17) is 9.41 Å². The summed E-state index contributed by atoms with van der Waals surface area (Å²) in [6.45, 7) is 2.22. The van der Waals surface area contributed by atoms with Crippen LogP contribution >= 0.6 is 0 Å². The Labute approximate surface area is 217 Å². The van der Waals surface area contributed by atoms with Crippen LogP contribution in [0.4, 0.5) is 17.1 Å². The lowest BCUT2D eigenvalue weighted by molar-refractivity contribution is 0.619. The first kappa shape index (κ1) is 22.8. The second-order valence-electron chi connectivity index (χ2n) is 9.25. The summed E-state index contributed by atoms with van der Waals surface area (Å²) in [5, 5.41) is 5.44. The molecule has 0 aromatic heterocycles. The normalized spacial score (nSPS) is 11.8. The highest BCUT2D eigenvalue weighted by Crippen LogP contribution is 2.40. The summed E-state index contributed by atoms with van der Waals surface area (Å²) in [5.74, 6) is 0.814. The zero-order valence-electron chi connectivity index (χ0n) is 20.8. The van der Waals surface area contributed by atoms with Crippen molar-refractivity contribution in [3.8, 4) is 22.5 Å². The highest BCUT2D eigenvalue weighted by molar-refractivity contribution is 6.02. The minimum Gasteiger partial charge on any atom is -0.456 e. The molecule has 0 bridgehead atoms. The minimum atomic E-state index is 0.814. The van der Waals surface area contributed by atoms with Gasteiger partial charge in [-0.15, -0.1) is 0 Å². The molecule has 37 heavy (non-hydrogen) atoms. The van der Waals surface area contributed by atoms with Crippen LogP contribution in [0.2, 0.25) is 0 Å². The summed E-state index contributed by atoms with van der Waals surface area (Å²) in [6.07, 6.45) is 2.23. The average molecular weight is 481 g/mol. The third-order valence-electron chi connectivity index (χ3n) is 6.56. The van der Waals surface area contributed by atoms with Crippen molar-refractivity contribution in [2.45, 2.75) is 19.8 Å². The lowest BCUT2D eigenvalue weighted by Gasteiger charge is -2.17. The average Bonchev–Trinajstić information content (AvgIpc) is 2.93. The molecule has 0 saturated heterocycles. The molecule has 1 N–H and O–H groups in total. The summed E-state index contributed by atoms with van der Waals surface area (Å²) in [4.78, 5) is 4.81. The van der Waals surface area contributed by atoms with Gasteiger partial charge in [0.25, 0.3) is 0 Å². The van der Waals surface area contributed by atoms with Crippen molar-refractivity contribution < 1.29 is 4.42 Å². The largest absolute Gasteiger partial charge is 0.456 e. The van der Waals surface area contributed by atoms with Crippen molar-refractivity contribution >= 4 is 28.0 Å². The Hall–Kier alpha value is -4.63. The fourth-order valence-corrected chi connectivity index (χ4v) is 4.80. The Morgan fingerprint density at radius 1 is 0.703 bits per heavy atom. The van der Waals surface area contributed by atoms with Gasteiger partial charge in [-0.3, -0.25) is 0 Å². The fraction of sp³-hybridized carbons (Fsp3) is 0.0882. The Balaban J connectivity index is 1.54. The fourth-order valence-electron chi connectivity index (χ4n) is 4.80. The number of nitrogens with zero attached hydrogens (tertiary/aromatic N) is 1. The van der Waals surface area contributed by atoms with Gasteiger partial charge in [0.05, 0.1) is 11.0 Å². The molecule has 1 aliphatic heterocycles. The van der Waals surface area contributed by atoms with Gasteiger partial charge in [0.2, 0.25) is 0 Å². The number of rotatable bonds is 6. The molecule has 6 rings (SSSR count). The SMILES string of the molecule is CCCc1ccc(-c2c3ccc(=Nc4ccccc4)cc-3oc3cc(Nc4ccccc4)ccc23)cc1. The molecule has 0 fully saturated rings. The number of hydrogen-bond acceptors (Lipinski definition) is 3. The summed E-state index contributed by atoms with van der Waals surface area (Å²) in [5.41, 5.74) is 8.57. The van der Waals surface area contributed by atoms with Crippen molar-refractivity contribution in [1.82, 2.24) is 0 Å². The molecule has 0 spiro atoms. The van der Waals surface area contributed by atoms with Gasteiger partial charge in [-0.25, -0.2) is 4.99 Å². The van der Waals surface area contributed by atoms with E-state index in [1.165, 1.54) is 16.7 Å². The molecule has 0 radical (unpaired) electrons. The first-order chi connectivity index (χ1) is 18.3. The minimum absolute atomic E-state index is 0.814. The van der Waals surface area contributed by atoms with Crippen LogP contribution in [0, 0.1) is 0 Å². The predicted molar refractivity (Wildman–Crippen MR) is 154 cm³/mol. The number of benzene rings is 5. The number of fused-ring (bicyclic) bond motifs is 2. The Morgan fingerprint density at radius 3 is 2.22 bits per heavy atom. The van der Waals surface area contributed by atoms with E-state index in [2.05, 4.69) is 79.0 Å². The van der Waals surface area contributed by atoms with Crippen LogP contribution in [0.3, 0.4) is 0 Å². The zero-order valence-corrected chi connectivity index (χ0v) is 20.8. The smallest absolute Gasteiger partial charge is 0.137 e. The number of hydrogen-bond donors (Lipinski definition) is 1. The molecule has 1 heterocycles. The van der Waals surface area contributed by atoms with E-state index < -0.39 is 0 Å². The Morgan fingerprint density at radius 2 is 1.46 bits per heavy atom. The molecule has 0 amide bonds. The molecule has 0 unspecified atom stereocenters. The van der Waals surface area contributed by atoms with E-state index in [0.29, 0.717) is 0 Å². The molecule has 2 aliphatic rings. The van der Waals surface area contributed by atoms with Gasteiger partial charge in [-0.2, -0.15) is 0 Å². The third kappa shape index (κ3) is 4.89. The summed E-state index contributed by atoms with van der Waals surface area (Å²) in [6, 6.07) is 41.7. The van der Waals surface area contributed by atoms with Gasteiger partial charge in [0, 0.05) is 40.0 Å². The van der Waals surface area contributed by atoms with Crippen LogP contribution in [0.5, 0.6) is 0 Å². The summed E-state index contributed by atoms with van der Waals surface area (Å²) < 4.78 is 6.53. The number of aryl methyl sites for hydroxylation is 1. The van der Waals surface area contributed by atoms with Gasteiger partial charge < -0.3 is 9.73 Å². The monoisotopic (exact) mass is 480 g/mol. The molecule has 4 aromatic rings. The lowest BCUT2D eigenvalue weighted by atomic mass is 9.92. The van der Waals surface area contributed by atoms with E-state index in [0.717, 1.165) is 57.6 Å². The standard InChI is InChI=1S/C34H28N2O/c1-2-9-24-14-16-25(17-15-24)34-30-20-18-28(35-26-10-5-3-6-11-26)22-32(30)37-33-23-29(19-21-31(33)34)36-27-12-7-4-8-13-27/h3-8,10-23,35H,2,9H2,1H3. The van der Waals surface area contributed by atoms with Crippen LogP contribution < -0.4 is 10.7 Å². The molecule has 4 aromatic carbocycles. The number of para-hydroxylation sites is 2. The molecule has 0 atom stereocenters. The van der Waals surface area contributed by atoms with Crippen molar-refractivity contribution in [2.24, 2.45) is 4.99 Å². The van der Waals surface area contributed by atoms with Crippen LogP contribution in [0.1, 0.15) is 18.9 Å². The Kier molecular flexibility index (Phi) is 6.26. The number of nitrogens with one attached hydrogen (secondary N) is 1. The van der Waals surface area contributed by atoms with Crippen molar-refractivity contribution in [3.63, 3.8) is 0 Å². The van der Waals surface area contributed by atoms with Gasteiger partial charge in [-0.05, 0) is 66.1 Å². The van der Waals surface area contributed by atoms with Crippen molar-refractivity contribution in [1.29, 1.82) is 0 Å². The Bertz CT molecular complexity index is 1680. The predicted octanol–water partition coefficient (Wildman–Crippen LogP) is 9.13. The molecular formula is C34H28N2O. The number of anilines is 2. The quantitative estimate of drug-likeness (QED) is 0.241. The topological polar surface area (TPSA) is 37.5 Å². The second-order valence-corrected chi connectivity index (χ2v) is 9.25. The lowest BCUT2D eigenvalue weighted by Crippen LogP contribution is -2.02. The van der Waals surface area contributed by atoms with Crippen LogP contribution in [-0.4, -0.2) is 0 Å². The van der Waals surface area contributed by atoms with Crippen LogP contribution in [0.25, 0.3) is 33.4 Å². The van der Waals surface area contributed by atoms with Gasteiger partial charge in [0.1, 0.15) is 11.3 Å². The molecule has 180 valence electrons. The van der Waals surface area contributed by atoms with E-state index in [-0.39, 0.29) is 0 Å². The highest BCUT2D eigenvalue weighted by atomic mass is 16.3. The second kappa shape index (κ2) is 10.2. The first-order valence-electron chi connectivity index (χ1n) is 12.8. The third-order valence-corrected chi connectivity index (χ3v) is 6.56. The summed E-state index contributed by atoms with van der Waals surface area (Å²) in [7, 11) is 0. The maximum Gasteiger partial charge on any atom is 0.137 e. The van der Waals surface area contributed by atoms with E-state index in [9.17, 15) is 0 Å². The maximum atomic E-state index is 6.53. The van der Waals surface area contributed by atoms with Crippen LogP contribution in [-0.2, 0) is 6.42 Å². The molecule has 3 nitrogen and oxygen atoms in total. The summed E-state index contributed by atoms with van der Waals surface area (Å²) >= 11 is 0. The molecule has 0 saturated carbocycles.